The molecule has 10 rings (SSSR count). The Hall–Kier alpha value is -6.91. The van der Waals surface area contributed by atoms with Crippen LogP contribution in [0.15, 0.2) is 180 Å². The second-order valence-corrected chi connectivity index (χ2v) is 12.7. The summed E-state index contributed by atoms with van der Waals surface area (Å²) in [7, 11) is 0. The Morgan fingerprint density at radius 3 is 1.57 bits per heavy atom. The Morgan fingerprint density at radius 2 is 0.863 bits per heavy atom. The van der Waals surface area contributed by atoms with Crippen molar-refractivity contribution in [2.45, 2.75) is 0 Å². The molecule has 0 spiro atoms. The first-order chi connectivity index (χ1) is 25.3. The highest BCUT2D eigenvalue weighted by Gasteiger charge is 2.22. The van der Waals surface area contributed by atoms with Gasteiger partial charge in [0.1, 0.15) is 11.2 Å². The Bertz CT molecular complexity index is 2900. The third-order valence-corrected chi connectivity index (χ3v) is 9.73. The van der Waals surface area contributed by atoms with Crippen molar-refractivity contribution in [2.75, 3.05) is 0 Å². The maximum Gasteiger partial charge on any atom is 0.167 e. The van der Waals surface area contributed by atoms with Gasteiger partial charge in [-0.05, 0) is 62.0 Å². The quantitative estimate of drug-likeness (QED) is 0.186. The van der Waals surface area contributed by atoms with Crippen LogP contribution in [0, 0.1) is 0 Å². The fourth-order valence-electron chi connectivity index (χ4n) is 7.39. The lowest BCUT2D eigenvalue weighted by molar-refractivity contribution is 0.670. The van der Waals surface area contributed by atoms with Gasteiger partial charge in [-0.2, -0.15) is 0 Å². The Balaban J connectivity index is 1.28. The number of rotatable bonds is 5. The van der Waals surface area contributed by atoms with Crippen molar-refractivity contribution in [3.63, 3.8) is 0 Å². The standard InChI is InChI=1S/C47H29N3O/c1-4-15-30(16-5-1)34-27-28-39(38-24-13-12-23-37(34)38)46-48-45(32-19-8-3-9-20-32)49-47(50-46)40-29-33-21-10-11-22-36(33)43-42-35(31-17-6-2-7-18-31)25-14-26-41(42)51-44(40)43/h1-29H. The number of hydrogen-bond donors (Lipinski definition) is 0. The van der Waals surface area contributed by atoms with Crippen molar-refractivity contribution in [1.29, 1.82) is 0 Å². The van der Waals surface area contributed by atoms with E-state index in [0.29, 0.717) is 17.5 Å². The van der Waals surface area contributed by atoms with E-state index in [-0.39, 0.29) is 0 Å². The van der Waals surface area contributed by atoms with E-state index >= 15 is 0 Å². The van der Waals surface area contributed by atoms with Gasteiger partial charge in [-0.25, -0.2) is 15.0 Å². The molecule has 51 heavy (non-hydrogen) atoms. The van der Waals surface area contributed by atoms with Crippen LogP contribution in [0.25, 0.3) is 99.9 Å². The Morgan fingerprint density at radius 1 is 0.333 bits per heavy atom. The monoisotopic (exact) mass is 651 g/mol. The van der Waals surface area contributed by atoms with E-state index in [1.165, 1.54) is 11.1 Å². The Labute approximate surface area is 294 Å². The van der Waals surface area contributed by atoms with Gasteiger partial charge in [0.25, 0.3) is 0 Å². The number of fused-ring (bicyclic) bond motifs is 6. The third kappa shape index (κ3) is 4.88. The molecule has 0 bridgehead atoms. The summed E-state index contributed by atoms with van der Waals surface area (Å²) in [6.45, 7) is 0. The van der Waals surface area contributed by atoms with Gasteiger partial charge in [0.05, 0.1) is 5.56 Å². The van der Waals surface area contributed by atoms with Crippen LogP contribution in [-0.4, -0.2) is 15.0 Å². The van der Waals surface area contributed by atoms with Crippen LogP contribution in [0.1, 0.15) is 0 Å². The first-order valence-electron chi connectivity index (χ1n) is 17.1. The Kier molecular flexibility index (Phi) is 6.78. The molecule has 0 saturated heterocycles. The van der Waals surface area contributed by atoms with Crippen molar-refractivity contribution in [2.24, 2.45) is 0 Å². The molecule has 0 amide bonds. The van der Waals surface area contributed by atoms with E-state index < -0.39 is 0 Å². The molecule has 0 N–H and O–H groups in total. The number of nitrogens with zero attached hydrogens (tertiary/aromatic N) is 3. The zero-order valence-electron chi connectivity index (χ0n) is 27.5. The predicted molar refractivity (Wildman–Crippen MR) is 209 cm³/mol. The lowest BCUT2D eigenvalue weighted by atomic mass is 9.94. The topological polar surface area (TPSA) is 51.8 Å². The fourth-order valence-corrected chi connectivity index (χ4v) is 7.39. The van der Waals surface area contributed by atoms with Gasteiger partial charge < -0.3 is 4.42 Å². The molecule has 0 aliphatic heterocycles. The molecular weight excluding hydrogens is 623 g/mol. The summed E-state index contributed by atoms with van der Waals surface area (Å²) >= 11 is 0. The smallest absolute Gasteiger partial charge is 0.167 e. The molecule has 0 fully saturated rings. The van der Waals surface area contributed by atoms with Crippen LogP contribution in [0.2, 0.25) is 0 Å². The summed E-state index contributed by atoms with van der Waals surface area (Å²) in [6, 6.07) is 60.9. The average molecular weight is 652 g/mol. The maximum absolute atomic E-state index is 6.83. The molecule has 2 heterocycles. The van der Waals surface area contributed by atoms with Gasteiger partial charge in [0.15, 0.2) is 17.5 Å². The van der Waals surface area contributed by atoms with Crippen molar-refractivity contribution in [3.05, 3.63) is 176 Å². The molecule has 0 saturated carbocycles. The lowest BCUT2D eigenvalue weighted by Gasteiger charge is -2.13. The highest BCUT2D eigenvalue weighted by Crippen LogP contribution is 2.44. The average Bonchev–Trinajstić information content (AvgIpc) is 3.61. The first kappa shape index (κ1) is 29.0. The van der Waals surface area contributed by atoms with Gasteiger partial charge >= 0.3 is 0 Å². The van der Waals surface area contributed by atoms with Crippen LogP contribution in [-0.2, 0) is 0 Å². The number of furan rings is 1. The van der Waals surface area contributed by atoms with E-state index in [4.69, 9.17) is 19.4 Å². The van der Waals surface area contributed by atoms with Crippen LogP contribution >= 0.6 is 0 Å². The minimum Gasteiger partial charge on any atom is -0.455 e. The van der Waals surface area contributed by atoms with Gasteiger partial charge in [-0.3, -0.25) is 0 Å². The van der Waals surface area contributed by atoms with Gasteiger partial charge in [-0.15, -0.1) is 0 Å². The van der Waals surface area contributed by atoms with E-state index in [2.05, 4.69) is 133 Å². The highest BCUT2D eigenvalue weighted by atomic mass is 16.3. The molecule has 0 unspecified atom stereocenters. The van der Waals surface area contributed by atoms with Crippen LogP contribution in [0.4, 0.5) is 0 Å². The molecule has 2 aromatic heterocycles. The number of hydrogen-bond acceptors (Lipinski definition) is 4. The summed E-state index contributed by atoms with van der Waals surface area (Å²) < 4.78 is 6.83. The van der Waals surface area contributed by atoms with Gasteiger partial charge in [0.2, 0.25) is 0 Å². The number of aromatic nitrogens is 3. The summed E-state index contributed by atoms with van der Waals surface area (Å²) in [5, 5.41) is 6.57. The van der Waals surface area contributed by atoms with Crippen molar-refractivity contribution >= 4 is 43.5 Å². The van der Waals surface area contributed by atoms with Crippen molar-refractivity contribution in [3.8, 4) is 56.4 Å². The molecule has 0 aliphatic rings. The van der Waals surface area contributed by atoms with E-state index in [9.17, 15) is 0 Å². The molecule has 0 radical (unpaired) electrons. The maximum atomic E-state index is 6.83. The van der Waals surface area contributed by atoms with Crippen LogP contribution in [0.3, 0.4) is 0 Å². The highest BCUT2D eigenvalue weighted by molar-refractivity contribution is 6.25. The summed E-state index contributed by atoms with van der Waals surface area (Å²) in [5.41, 5.74) is 8.86. The molecule has 10 aromatic rings. The molecule has 8 aromatic carbocycles. The van der Waals surface area contributed by atoms with Gasteiger partial charge in [0, 0.05) is 21.9 Å². The first-order valence-corrected chi connectivity index (χ1v) is 17.1. The molecule has 4 heteroatoms. The second kappa shape index (κ2) is 11.9. The predicted octanol–water partition coefficient (Wildman–Crippen LogP) is 12.4. The fraction of sp³-hybridized carbons (Fsp3) is 0. The minimum absolute atomic E-state index is 0.561. The van der Waals surface area contributed by atoms with E-state index in [1.807, 2.05) is 42.5 Å². The molecule has 4 nitrogen and oxygen atoms in total. The zero-order chi connectivity index (χ0) is 33.7. The number of benzene rings is 8. The summed E-state index contributed by atoms with van der Waals surface area (Å²) in [6.07, 6.45) is 0. The summed E-state index contributed by atoms with van der Waals surface area (Å²) in [5.74, 6) is 1.78. The third-order valence-electron chi connectivity index (χ3n) is 9.73. The SMILES string of the molecule is c1ccc(-c2nc(-c3ccc(-c4ccccc4)c4ccccc34)nc(-c3cc4ccccc4c4c3oc3cccc(-c5ccccc5)c34)n2)cc1. The van der Waals surface area contributed by atoms with Crippen LogP contribution in [0.5, 0.6) is 0 Å². The second-order valence-electron chi connectivity index (χ2n) is 12.7. The minimum atomic E-state index is 0.561. The zero-order valence-corrected chi connectivity index (χ0v) is 27.5. The normalized spacial score (nSPS) is 11.5. The summed E-state index contributed by atoms with van der Waals surface area (Å²) in [4.78, 5) is 15.6. The van der Waals surface area contributed by atoms with Crippen molar-refractivity contribution < 1.29 is 4.42 Å². The van der Waals surface area contributed by atoms with E-state index in [1.54, 1.807) is 0 Å². The largest absolute Gasteiger partial charge is 0.455 e. The molecule has 238 valence electrons. The lowest BCUT2D eigenvalue weighted by Crippen LogP contribution is -2.01. The molecule has 0 aliphatic carbocycles. The van der Waals surface area contributed by atoms with Crippen molar-refractivity contribution in [1.82, 2.24) is 15.0 Å². The molecular formula is C47H29N3O. The molecule has 0 atom stereocenters. The van der Waals surface area contributed by atoms with Gasteiger partial charge in [-0.1, -0.05) is 158 Å². The van der Waals surface area contributed by atoms with Crippen LogP contribution < -0.4 is 0 Å². The van der Waals surface area contributed by atoms with E-state index in [0.717, 1.165) is 71.3 Å².